The van der Waals surface area contributed by atoms with Gasteiger partial charge in [-0.05, 0) is 52.4 Å². The zero-order valence-electron chi connectivity index (χ0n) is 12.6. The first-order chi connectivity index (χ1) is 8.17. The summed E-state index contributed by atoms with van der Waals surface area (Å²) in [5.41, 5.74) is 5.07. The maximum atomic E-state index is 6.32. The molecule has 0 amide bonds. The van der Waals surface area contributed by atoms with E-state index in [0.29, 0.717) is 0 Å². The largest absolute Gasteiger partial charge is 0.410 e. The molecule has 2 heteroatoms. The third-order valence-electron chi connectivity index (χ3n) is 2.65. The van der Waals surface area contributed by atoms with Crippen molar-refractivity contribution in [3.8, 4) is 0 Å². The van der Waals surface area contributed by atoms with E-state index in [9.17, 15) is 0 Å². The van der Waals surface area contributed by atoms with Crippen LogP contribution in [0.2, 0.25) is 19.6 Å². The van der Waals surface area contributed by atoms with Crippen molar-refractivity contribution in [3.05, 3.63) is 47.0 Å². The number of benzene rings is 1. The van der Waals surface area contributed by atoms with Crippen LogP contribution in [0.1, 0.15) is 36.1 Å². The molecule has 18 heavy (non-hydrogen) atoms. The summed E-state index contributed by atoms with van der Waals surface area (Å²) in [6, 6.07) is 6.68. The molecule has 0 aliphatic carbocycles. The van der Waals surface area contributed by atoms with Crippen LogP contribution in [0.3, 0.4) is 0 Å². The molecule has 0 spiro atoms. The number of rotatable bonds is 5. The van der Waals surface area contributed by atoms with Gasteiger partial charge in [0, 0.05) is 0 Å². The van der Waals surface area contributed by atoms with E-state index in [1.165, 1.54) is 22.3 Å². The van der Waals surface area contributed by atoms with Gasteiger partial charge in [0.05, 0.1) is 6.10 Å². The highest BCUT2D eigenvalue weighted by molar-refractivity contribution is 6.69. The standard InChI is InChI=1S/C16H26OSi/c1-12(2)8-16(17-18(5,6)7)15-10-13(3)9-14(4)11-15/h9-11,16H,1,8H2,2-7H3. The minimum absolute atomic E-state index is 0.160. The van der Waals surface area contributed by atoms with Gasteiger partial charge in [0.1, 0.15) is 0 Å². The van der Waals surface area contributed by atoms with Gasteiger partial charge in [-0.25, -0.2) is 0 Å². The third kappa shape index (κ3) is 5.19. The van der Waals surface area contributed by atoms with Crippen LogP contribution >= 0.6 is 0 Å². The van der Waals surface area contributed by atoms with E-state index in [-0.39, 0.29) is 6.10 Å². The molecular weight excluding hydrogens is 236 g/mol. The highest BCUT2D eigenvalue weighted by Crippen LogP contribution is 2.29. The van der Waals surface area contributed by atoms with Crippen molar-refractivity contribution in [1.29, 1.82) is 0 Å². The third-order valence-corrected chi connectivity index (χ3v) is 3.64. The van der Waals surface area contributed by atoms with Crippen LogP contribution in [-0.2, 0) is 4.43 Å². The SMILES string of the molecule is C=C(C)CC(O[Si](C)(C)C)c1cc(C)cc(C)c1. The molecule has 1 atom stereocenters. The van der Waals surface area contributed by atoms with Crippen molar-refractivity contribution in [1.82, 2.24) is 0 Å². The second-order valence-electron chi connectivity index (χ2n) is 6.30. The first-order valence-corrected chi connectivity index (χ1v) is 9.98. The highest BCUT2D eigenvalue weighted by Gasteiger charge is 2.22. The van der Waals surface area contributed by atoms with Crippen molar-refractivity contribution in [2.45, 2.75) is 52.9 Å². The van der Waals surface area contributed by atoms with E-state index in [0.717, 1.165) is 6.42 Å². The minimum Gasteiger partial charge on any atom is -0.410 e. The van der Waals surface area contributed by atoms with Crippen LogP contribution < -0.4 is 0 Å². The Labute approximate surface area is 113 Å². The zero-order chi connectivity index (χ0) is 13.9. The van der Waals surface area contributed by atoms with Gasteiger partial charge in [-0.3, -0.25) is 0 Å². The summed E-state index contributed by atoms with van der Waals surface area (Å²) in [5.74, 6) is 0. The van der Waals surface area contributed by atoms with Gasteiger partial charge in [0.25, 0.3) is 0 Å². The van der Waals surface area contributed by atoms with Crippen LogP contribution in [0.15, 0.2) is 30.4 Å². The van der Waals surface area contributed by atoms with Crippen molar-refractivity contribution >= 4 is 8.32 Å². The summed E-state index contributed by atoms with van der Waals surface area (Å²) in [5, 5.41) is 0. The molecule has 0 aromatic heterocycles. The monoisotopic (exact) mass is 262 g/mol. The van der Waals surface area contributed by atoms with E-state index in [1.807, 2.05) is 0 Å². The summed E-state index contributed by atoms with van der Waals surface area (Å²) >= 11 is 0. The van der Waals surface area contributed by atoms with Gasteiger partial charge in [-0.15, -0.1) is 6.58 Å². The molecule has 1 rings (SSSR count). The summed E-state index contributed by atoms with van der Waals surface area (Å²) in [6.07, 6.45) is 1.07. The fourth-order valence-corrected chi connectivity index (χ4v) is 3.24. The van der Waals surface area contributed by atoms with E-state index in [1.54, 1.807) is 0 Å². The summed E-state index contributed by atoms with van der Waals surface area (Å²) in [4.78, 5) is 0. The smallest absolute Gasteiger partial charge is 0.184 e. The predicted molar refractivity (Wildman–Crippen MR) is 82.5 cm³/mol. The van der Waals surface area contributed by atoms with E-state index < -0.39 is 8.32 Å². The molecule has 0 aliphatic rings. The molecule has 0 saturated carbocycles. The number of aryl methyl sites for hydroxylation is 2. The van der Waals surface area contributed by atoms with E-state index in [4.69, 9.17) is 4.43 Å². The van der Waals surface area contributed by atoms with Crippen LogP contribution in [0, 0.1) is 13.8 Å². The molecule has 1 aromatic carbocycles. The fraction of sp³-hybridized carbons (Fsp3) is 0.500. The second kappa shape index (κ2) is 5.85. The molecule has 0 saturated heterocycles. The first-order valence-electron chi connectivity index (χ1n) is 6.58. The van der Waals surface area contributed by atoms with Gasteiger partial charge in [-0.1, -0.05) is 34.9 Å². The average molecular weight is 262 g/mol. The Balaban J connectivity index is 3.04. The Hall–Kier alpha value is -0.863. The maximum absolute atomic E-state index is 6.32. The minimum atomic E-state index is -1.55. The van der Waals surface area contributed by atoms with E-state index in [2.05, 4.69) is 65.2 Å². The zero-order valence-corrected chi connectivity index (χ0v) is 13.6. The molecule has 0 heterocycles. The van der Waals surface area contributed by atoms with Gasteiger partial charge in [-0.2, -0.15) is 0 Å². The molecular formula is C16H26OSi. The van der Waals surface area contributed by atoms with Crippen molar-refractivity contribution in [2.75, 3.05) is 0 Å². The lowest BCUT2D eigenvalue weighted by Crippen LogP contribution is -2.28. The average Bonchev–Trinajstić information content (AvgIpc) is 2.11. The summed E-state index contributed by atoms with van der Waals surface area (Å²) in [6.45, 7) is 17.1. The Morgan fingerprint density at radius 2 is 1.67 bits per heavy atom. The normalized spacial score (nSPS) is 13.4. The van der Waals surface area contributed by atoms with Crippen molar-refractivity contribution in [2.24, 2.45) is 0 Å². The Morgan fingerprint density at radius 1 is 1.17 bits per heavy atom. The quantitative estimate of drug-likeness (QED) is 0.526. The van der Waals surface area contributed by atoms with Gasteiger partial charge < -0.3 is 4.43 Å². The van der Waals surface area contributed by atoms with Gasteiger partial charge in [0.15, 0.2) is 8.32 Å². The van der Waals surface area contributed by atoms with Crippen molar-refractivity contribution < 1.29 is 4.43 Å². The van der Waals surface area contributed by atoms with E-state index >= 15 is 0 Å². The van der Waals surface area contributed by atoms with Gasteiger partial charge in [0.2, 0.25) is 0 Å². The van der Waals surface area contributed by atoms with Crippen molar-refractivity contribution in [3.63, 3.8) is 0 Å². The highest BCUT2D eigenvalue weighted by atomic mass is 28.4. The lowest BCUT2D eigenvalue weighted by atomic mass is 9.99. The number of hydrogen-bond acceptors (Lipinski definition) is 1. The topological polar surface area (TPSA) is 9.23 Å². The Kier molecular flexibility index (Phi) is 4.94. The molecule has 0 radical (unpaired) electrons. The molecule has 1 unspecified atom stereocenters. The Bertz CT molecular complexity index is 409. The lowest BCUT2D eigenvalue weighted by Gasteiger charge is -2.27. The molecule has 100 valence electrons. The summed E-state index contributed by atoms with van der Waals surface area (Å²) in [7, 11) is -1.55. The molecule has 1 aromatic rings. The molecule has 0 bridgehead atoms. The predicted octanol–water partition coefficient (Wildman–Crippen LogP) is 5.16. The lowest BCUT2D eigenvalue weighted by molar-refractivity contribution is 0.198. The van der Waals surface area contributed by atoms with Crippen LogP contribution in [0.5, 0.6) is 0 Å². The van der Waals surface area contributed by atoms with Crippen LogP contribution in [-0.4, -0.2) is 8.32 Å². The Morgan fingerprint density at radius 3 is 2.06 bits per heavy atom. The first kappa shape index (κ1) is 15.2. The van der Waals surface area contributed by atoms with Gasteiger partial charge >= 0.3 is 0 Å². The molecule has 0 aliphatic heterocycles. The van der Waals surface area contributed by atoms with Crippen LogP contribution in [0.4, 0.5) is 0 Å². The molecule has 0 N–H and O–H groups in total. The fourth-order valence-electron chi connectivity index (χ4n) is 2.17. The van der Waals surface area contributed by atoms with Crippen LogP contribution in [0.25, 0.3) is 0 Å². The molecule has 0 fully saturated rings. The second-order valence-corrected chi connectivity index (χ2v) is 10.8. The maximum Gasteiger partial charge on any atom is 0.184 e. The molecule has 1 nitrogen and oxygen atoms in total. The number of hydrogen-bond donors (Lipinski definition) is 0. The summed E-state index contributed by atoms with van der Waals surface area (Å²) < 4.78 is 6.32.